The molecule has 1 nitrogen and oxygen atoms in total. The third kappa shape index (κ3) is 2.97. The second-order valence-corrected chi connectivity index (χ2v) is 2.43. The minimum absolute atomic E-state index is 0.0248. The number of hydrogen-bond acceptors (Lipinski definition) is 1. The first-order valence-corrected chi connectivity index (χ1v) is 4.15. The first-order chi connectivity index (χ1) is 2.81. The van der Waals surface area contributed by atoms with Crippen molar-refractivity contribution in [2.24, 2.45) is 0 Å². The number of aliphatic hydroxyl groups is 1. The zero-order valence-electron chi connectivity index (χ0n) is 3.94. The molecule has 0 saturated heterocycles. The van der Waals surface area contributed by atoms with Gasteiger partial charge >= 0.3 is 51.5 Å². The van der Waals surface area contributed by atoms with Gasteiger partial charge in [0.15, 0.2) is 0 Å². The van der Waals surface area contributed by atoms with E-state index < -0.39 is 0 Å². The molecule has 0 aliphatic heterocycles. The molecule has 0 fully saturated rings. The van der Waals surface area contributed by atoms with Crippen LogP contribution in [0.15, 0.2) is 0 Å². The summed E-state index contributed by atoms with van der Waals surface area (Å²) >= 11 is 1.43. The molecule has 1 atom stereocenters. The zero-order valence-corrected chi connectivity index (χ0v) is 6.79. The molecule has 6 heavy (non-hydrogen) atoms. The van der Waals surface area contributed by atoms with Gasteiger partial charge in [0.1, 0.15) is 0 Å². The summed E-state index contributed by atoms with van der Waals surface area (Å²) in [5.41, 5.74) is 0. The molecule has 0 aromatic heterocycles. The Bertz CT molecular complexity index is 26.7. The predicted octanol–water partition coefficient (Wildman–Crippen LogP) is 0.344. The Kier molecular flexibility index (Phi) is 4.43. The molecule has 0 heterocycles. The van der Waals surface area contributed by atoms with Crippen LogP contribution in [0, 0.1) is 0 Å². The average molecular weight is 192 g/mol. The van der Waals surface area contributed by atoms with Crippen molar-refractivity contribution in [2.45, 2.75) is 23.9 Å². The van der Waals surface area contributed by atoms with Crippen molar-refractivity contribution in [3.05, 3.63) is 0 Å². The minimum atomic E-state index is -0.0248. The summed E-state index contributed by atoms with van der Waals surface area (Å²) in [4.78, 5) is 0. The van der Waals surface area contributed by atoms with Gasteiger partial charge in [0, 0.05) is 0 Å². The van der Waals surface area contributed by atoms with Crippen LogP contribution in [0.3, 0.4) is 0 Å². The molecule has 0 radical (unpaired) electrons. The molecule has 0 aliphatic rings. The van der Waals surface area contributed by atoms with Crippen molar-refractivity contribution in [2.75, 3.05) is 0 Å². The van der Waals surface area contributed by atoms with Crippen molar-refractivity contribution in [3.8, 4) is 0 Å². The fourth-order valence-corrected chi connectivity index (χ4v) is 0.968. The van der Waals surface area contributed by atoms with E-state index in [4.69, 9.17) is 5.11 Å². The molecule has 0 aromatic rings. The van der Waals surface area contributed by atoms with Crippen molar-refractivity contribution >= 4 is 22.5 Å². The van der Waals surface area contributed by atoms with Gasteiger partial charge in [-0.05, 0) is 0 Å². The standard InChI is InChI=1S/C4H9O.Sn/c1-3-4(2)5;/h4-5H,2-3H2,1H3;/q;+3. The van der Waals surface area contributed by atoms with Crippen molar-refractivity contribution in [3.63, 3.8) is 0 Å². The van der Waals surface area contributed by atoms with Gasteiger partial charge in [-0.15, -0.1) is 0 Å². The van der Waals surface area contributed by atoms with Crippen molar-refractivity contribution in [1.82, 2.24) is 0 Å². The molecular weight excluding hydrogens is 183 g/mol. The molecule has 0 aromatic carbocycles. The van der Waals surface area contributed by atoms with E-state index in [2.05, 4.69) is 0 Å². The first-order valence-electron chi connectivity index (χ1n) is 2.14. The van der Waals surface area contributed by atoms with E-state index in [9.17, 15) is 0 Å². The van der Waals surface area contributed by atoms with Gasteiger partial charge in [-0.2, -0.15) is 0 Å². The topological polar surface area (TPSA) is 20.2 Å². The van der Waals surface area contributed by atoms with Gasteiger partial charge < -0.3 is 0 Å². The summed E-state index contributed by atoms with van der Waals surface area (Å²) in [5.74, 6) is 0. The van der Waals surface area contributed by atoms with Crippen LogP contribution >= 0.6 is 0 Å². The number of hydrogen-bond donors (Lipinski definition) is 1. The third-order valence-electron chi connectivity index (χ3n) is 0.707. The molecule has 0 spiro atoms. The van der Waals surface area contributed by atoms with E-state index >= 15 is 0 Å². The van der Waals surface area contributed by atoms with Crippen LogP contribution < -0.4 is 0 Å². The predicted molar refractivity (Wildman–Crippen MR) is 26.9 cm³/mol. The van der Waals surface area contributed by atoms with Crippen LogP contribution in [0.4, 0.5) is 0 Å². The van der Waals surface area contributed by atoms with Gasteiger partial charge in [0.05, 0.1) is 0 Å². The Morgan fingerprint density at radius 2 is 2.33 bits per heavy atom. The van der Waals surface area contributed by atoms with E-state index in [-0.39, 0.29) is 6.10 Å². The van der Waals surface area contributed by atoms with Crippen LogP contribution in [-0.2, 0) is 0 Å². The van der Waals surface area contributed by atoms with E-state index in [1.165, 1.54) is 22.5 Å². The van der Waals surface area contributed by atoms with E-state index in [0.717, 1.165) is 10.9 Å². The Morgan fingerprint density at radius 3 is 2.33 bits per heavy atom. The first kappa shape index (κ1) is 6.76. The molecular formula is C4H9OSn+3. The summed E-state index contributed by atoms with van der Waals surface area (Å²) in [6, 6.07) is 0. The Hall–Kier alpha value is 0.759. The van der Waals surface area contributed by atoms with E-state index in [0.29, 0.717) is 0 Å². The Balaban J connectivity index is 2.75. The van der Waals surface area contributed by atoms with Gasteiger partial charge in [-0.3, -0.25) is 0 Å². The molecule has 0 amide bonds. The van der Waals surface area contributed by atoms with E-state index in [1.807, 2.05) is 6.92 Å². The summed E-state index contributed by atoms with van der Waals surface area (Å²) in [7, 11) is 0. The van der Waals surface area contributed by atoms with Crippen LogP contribution in [0.5, 0.6) is 0 Å². The quantitative estimate of drug-likeness (QED) is 0.625. The van der Waals surface area contributed by atoms with E-state index in [1.54, 1.807) is 0 Å². The Morgan fingerprint density at radius 1 is 1.83 bits per heavy atom. The Labute approximate surface area is 51.8 Å². The SMILES string of the molecule is CCC(O)[CH2][Sn+3]. The summed E-state index contributed by atoms with van der Waals surface area (Å²) < 4.78 is 0.975. The van der Waals surface area contributed by atoms with Crippen molar-refractivity contribution < 1.29 is 5.11 Å². The van der Waals surface area contributed by atoms with Crippen LogP contribution in [-0.4, -0.2) is 33.7 Å². The van der Waals surface area contributed by atoms with Gasteiger partial charge in [0.25, 0.3) is 0 Å². The molecule has 1 N–H and O–H groups in total. The molecule has 0 bridgehead atoms. The number of rotatable bonds is 2. The van der Waals surface area contributed by atoms with Gasteiger partial charge in [0.2, 0.25) is 0 Å². The summed E-state index contributed by atoms with van der Waals surface area (Å²) in [6.45, 7) is 1.99. The van der Waals surface area contributed by atoms with Gasteiger partial charge in [-0.1, -0.05) is 0 Å². The second kappa shape index (κ2) is 3.93. The third-order valence-corrected chi connectivity index (χ3v) is 2.05. The van der Waals surface area contributed by atoms with Crippen LogP contribution in [0.25, 0.3) is 0 Å². The van der Waals surface area contributed by atoms with Crippen LogP contribution in [0.2, 0.25) is 4.44 Å². The zero-order chi connectivity index (χ0) is 4.99. The molecule has 1 unspecified atom stereocenters. The number of aliphatic hydroxyl groups excluding tert-OH is 1. The normalized spacial score (nSPS) is 14.7. The fourth-order valence-electron chi connectivity index (χ4n) is 0.144. The maximum atomic E-state index is 8.69. The maximum absolute atomic E-state index is 8.69. The molecule has 2 heteroatoms. The fraction of sp³-hybridized carbons (Fsp3) is 1.00. The summed E-state index contributed by atoms with van der Waals surface area (Å²) in [5, 5.41) is 8.69. The molecule has 32 valence electrons. The van der Waals surface area contributed by atoms with Gasteiger partial charge in [-0.25, -0.2) is 0 Å². The molecule has 0 saturated carbocycles. The monoisotopic (exact) mass is 193 g/mol. The second-order valence-electron chi connectivity index (χ2n) is 1.27. The van der Waals surface area contributed by atoms with Crippen LogP contribution in [0.1, 0.15) is 13.3 Å². The molecule has 0 rings (SSSR count). The average Bonchev–Trinajstić information content (AvgIpc) is 1.65. The summed E-state index contributed by atoms with van der Waals surface area (Å²) in [6.07, 6.45) is 0.883. The van der Waals surface area contributed by atoms with Crippen molar-refractivity contribution in [1.29, 1.82) is 0 Å². The molecule has 0 aliphatic carbocycles.